The van der Waals surface area contributed by atoms with Crippen LogP contribution < -0.4 is 11.1 Å². The summed E-state index contributed by atoms with van der Waals surface area (Å²) in [5.74, 6) is 0.658. The quantitative estimate of drug-likeness (QED) is 0.843. The van der Waals surface area contributed by atoms with Crippen molar-refractivity contribution in [2.24, 2.45) is 5.92 Å². The number of rotatable bonds is 3. The SMILES string of the molecule is CC1CCCN(C(C)C(=O)Nc2ccc(Cl)c(N)c2)C1. The van der Waals surface area contributed by atoms with E-state index >= 15 is 0 Å². The molecule has 110 valence electrons. The molecule has 1 aromatic rings. The molecule has 1 aliphatic heterocycles. The zero-order valence-electron chi connectivity index (χ0n) is 12.0. The number of carbonyl (C=O) groups is 1. The second-order valence-corrected chi connectivity index (χ2v) is 6.05. The Kier molecular flexibility index (Phi) is 4.89. The number of hydrogen-bond donors (Lipinski definition) is 2. The fraction of sp³-hybridized carbons (Fsp3) is 0.533. The van der Waals surface area contributed by atoms with Gasteiger partial charge in [0.1, 0.15) is 0 Å². The van der Waals surface area contributed by atoms with Gasteiger partial charge >= 0.3 is 0 Å². The smallest absolute Gasteiger partial charge is 0.241 e. The van der Waals surface area contributed by atoms with Crippen molar-refractivity contribution < 1.29 is 4.79 Å². The predicted octanol–water partition coefficient (Wildman–Crippen LogP) is 2.98. The molecule has 0 aromatic heterocycles. The lowest BCUT2D eigenvalue weighted by Crippen LogP contribution is -2.46. The summed E-state index contributed by atoms with van der Waals surface area (Å²) in [4.78, 5) is 14.5. The van der Waals surface area contributed by atoms with Gasteiger partial charge in [-0.25, -0.2) is 0 Å². The summed E-state index contributed by atoms with van der Waals surface area (Å²) >= 11 is 5.87. The lowest BCUT2D eigenvalue weighted by Gasteiger charge is -2.34. The number of likely N-dealkylation sites (tertiary alicyclic amines) is 1. The number of nitrogen functional groups attached to an aromatic ring is 1. The van der Waals surface area contributed by atoms with Gasteiger partial charge < -0.3 is 11.1 Å². The average Bonchev–Trinajstić information content (AvgIpc) is 2.42. The Morgan fingerprint density at radius 1 is 1.55 bits per heavy atom. The van der Waals surface area contributed by atoms with Gasteiger partial charge in [-0.3, -0.25) is 9.69 Å². The summed E-state index contributed by atoms with van der Waals surface area (Å²) in [6, 6.07) is 5.02. The first kappa shape index (κ1) is 15.1. The minimum absolute atomic E-state index is 0.000762. The molecule has 1 fully saturated rings. The standard InChI is InChI=1S/C15H22ClN3O/c1-10-4-3-7-19(9-10)11(2)15(20)18-12-5-6-13(16)14(17)8-12/h5-6,8,10-11H,3-4,7,9,17H2,1-2H3,(H,18,20). The molecule has 1 heterocycles. The van der Waals surface area contributed by atoms with E-state index in [1.54, 1.807) is 18.2 Å². The fourth-order valence-corrected chi connectivity index (χ4v) is 2.73. The summed E-state index contributed by atoms with van der Waals surface area (Å²) in [7, 11) is 0. The zero-order chi connectivity index (χ0) is 14.7. The molecule has 2 rings (SSSR count). The van der Waals surface area contributed by atoms with Crippen molar-refractivity contribution >= 4 is 28.9 Å². The summed E-state index contributed by atoms with van der Waals surface area (Å²) in [6.07, 6.45) is 2.41. The summed E-state index contributed by atoms with van der Waals surface area (Å²) in [6.45, 7) is 6.16. The lowest BCUT2D eigenvalue weighted by atomic mass is 9.99. The first-order valence-corrected chi connectivity index (χ1v) is 7.45. The molecule has 0 spiro atoms. The van der Waals surface area contributed by atoms with Gasteiger partial charge in [0.15, 0.2) is 0 Å². The van der Waals surface area contributed by atoms with Crippen molar-refractivity contribution in [3.8, 4) is 0 Å². The number of benzene rings is 1. The molecule has 0 bridgehead atoms. The highest BCUT2D eigenvalue weighted by molar-refractivity contribution is 6.33. The van der Waals surface area contributed by atoms with Crippen LogP contribution in [-0.4, -0.2) is 29.9 Å². The first-order valence-electron chi connectivity index (χ1n) is 7.07. The maximum absolute atomic E-state index is 12.3. The molecule has 2 unspecified atom stereocenters. The third kappa shape index (κ3) is 3.64. The Morgan fingerprint density at radius 3 is 2.95 bits per heavy atom. The number of nitrogens with one attached hydrogen (secondary N) is 1. The second kappa shape index (κ2) is 6.46. The van der Waals surface area contributed by atoms with Crippen LogP contribution in [0.5, 0.6) is 0 Å². The predicted molar refractivity (Wildman–Crippen MR) is 83.9 cm³/mol. The molecule has 3 N–H and O–H groups in total. The van der Waals surface area contributed by atoms with Crippen LogP contribution in [-0.2, 0) is 4.79 Å². The molecule has 0 radical (unpaired) electrons. The first-order chi connectivity index (χ1) is 9.47. The van der Waals surface area contributed by atoms with Crippen molar-refractivity contribution in [2.75, 3.05) is 24.1 Å². The molecular weight excluding hydrogens is 274 g/mol. The highest BCUT2D eigenvalue weighted by atomic mass is 35.5. The molecule has 1 amide bonds. The van der Waals surface area contributed by atoms with E-state index in [1.165, 1.54) is 6.42 Å². The number of nitrogens with two attached hydrogens (primary N) is 1. The minimum Gasteiger partial charge on any atom is -0.397 e. The van der Waals surface area contributed by atoms with Crippen molar-refractivity contribution in [1.82, 2.24) is 4.90 Å². The molecule has 20 heavy (non-hydrogen) atoms. The Hall–Kier alpha value is -1.26. The van der Waals surface area contributed by atoms with Gasteiger partial charge in [0.05, 0.1) is 16.8 Å². The van der Waals surface area contributed by atoms with Crippen molar-refractivity contribution in [3.63, 3.8) is 0 Å². The summed E-state index contributed by atoms with van der Waals surface area (Å²) < 4.78 is 0. The largest absolute Gasteiger partial charge is 0.397 e. The van der Waals surface area contributed by atoms with Crippen molar-refractivity contribution in [3.05, 3.63) is 23.2 Å². The average molecular weight is 296 g/mol. The molecule has 4 nitrogen and oxygen atoms in total. The molecule has 1 aliphatic rings. The number of halogens is 1. The van der Waals surface area contributed by atoms with Gasteiger partial charge in [0, 0.05) is 12.2 Å². The van der Waals surface area contributed by atoms with Crippen LogP contribution >= 0.6 is 11.6 Å². The number of amides is 1. The number of piperidine rings is 1. The summed E-state index contributed by atoms with van der Waals surface area (Å²) in [5, 5.41) is 3.40. The lowest BCUT2D eigenvalue weighted by molar-refractivity contribution is -0.121. The van der Waals surface area contributed by atoms with E-state index in [4.69, 9.17) is 17.3 Å². The van der Waals surface area contributed by atoms with E-state index in [9.17, 15) is 4.79 Å². The maximum Gasteiger partial charge on any atom is 0.241 e. The Morgan fingerprint density at radius 2 is 2.30 bits per heavy atom. The van der Waals surface area contributed by atoms with E-state index in [0.717, 1.165) is 19.5 Å². The Bertz CT molecular complexity index is 492. The van der Waals surface area contributed by atoms with Gasteiger partial charge in [-0.15, -0.1) is 0 Å². The van der Waals surface area contributed by atoms with E-state index in [2.05, 4.69) is 17.1 Å². The number of hydrogen-bond acceptors (Lipinski definition) is 3. The molecule has 0 aliphatic carbocycles. The zero-order valence-corrected chi connectivity index (χ0v) is 12.8. The monoisotopic (exact) mass is 295 g/mol. The minimum atomic E-state index is -0.130. The van der Waals surface area contributed by atoms with Crippen LogP contribution in [0.1, 0.15) is 26.7 Å². The Labute approximate surface area is 125 Å². The van der Waals surface area contributed by atoms with Crippen LogP contribution in [0.15, 0.2) is 18.2 Å². The molecule has 1 aromatic carbocycles. The third-order valence-electron chi connectivity index (χ3n) is 3.88. The van der Waals surface area contributed by atoms with Gasteiger partial charge in [-0.2, -0.15) is 0 Å². The highest BCUT2D eigenvalue weighted by Gasteiger charge is 2.25. The normalized spacial score (nSPS) is 21.4. The van der Waals surface area contributed by atoms with Crippen LogP contribution in [0.4, 0.5) is 11.4 Å². The fourth-order valence-electron chi connectivity index (χ4n) is 2.61. The van der Waals surface area contributed by atoms with Gasteiger partial charge in [-0.1, -0.05) is 18.5 Å². The van der Waals surface area contributed by atoms with Crippen LogP contribution in [0.2, 0.25) is 5.02 Å². The topological polar surface area (TPSA) is 58.4 Å². The van der Waals surface area contributed by atoms with Gasteiger partial charge in [0.25, 0.3) is 0 Å². The number of nitrogens with zero attached hydrogens (tertiary/aromatic N) is 1. The molecule has 5 heteroatoms. The van der Waals surface area contributed by atoms with Crippen molar-refractivity contribution in [1.29, 1.82) is 0 Å². The van der Waals surface area contributed by atoms with Crippen molar-refractivity contribution in [2.45, 2.75) is 32.7 Å². The van der Waals surface area contributed by atoms with Gasteiger partial charge in [-0.05, 0) is 50.4 Å². The van der Waals surface area contributed by atoms with E-state index in [1.807, 2.05) is 6.92 Å². The molecule has 2 atom stereocenters. The summed E-state index contributed by atoms with van der Waals surface area (Å²) in [5.41, 5.74) is 6.90. The van der Waals surface area contributed by atoms with E-state index < -0.39 is 0 Å². The van der Waals surface area contributed by atoms with E-state index in [0.29, 0.717) is 22.3 Å². The third-order valence-corrected chi connectivity index (χ3v) is 4.22. The number of anilines is 2. The van der Waals surface area contributed by atoms with Gasteiger partial charge in [0.2, 0.25) is 5.91 Å². The molecule has 0 saturated carbocycles. The molecular formula is C15H22ClN3O. The van der Waals surface area contributed by atoms with Crippen LogP contribution in [0, 0.1) is 5.92 Å². The highest BCUT2D eigenvalue weighted by Crippen LogP contribution is 2.23. The maximum atomic E-state index is 12.3. The van der Waals surface area contributed by atoms with Crippen LogP contribution in [0.25, 0.3) is 0 Å². The molecule has 1 saturated heterocycles. The number of carbonyl (C=O) groups excluding carboxylic acids is 1. The second-order valence-electron chi connectivity index (χ2n) is 5.64. The Balaban J connectivity index is 1.98. The van der Waals surface area contributed by atoms with E-state index in [-0.39, 0.29) is 11.9 Å². The van der Waals surface area contributed by atoms with Crippen LogP contribution in [0.3, 0.4) is 0 Å².